The fraction of sp³-hybridized carbons (Fsp3) is 0.700. The second-order valence-corrected chi connectivity index (χ2v) is 9.73. The molecule has 10 heteroatoms. The molecule has 3 rings (SSSR count). The van der Waals surface area contributed by atoms with Gasteiger partial charge < -0.3 is 20.0 Å². The minimum absolute atomic E-state index is 0. The van der Waals surface area contributed by atoms with E-state index >= 15 is 0 Å². The highest BCUT2D eigenvalue weighted by Crippen LogP contribution is 2.29. The van der Waals surface area contributed by atoms with E-state index in [0.29, 0.717) is 26.1 Å². The van der Waals surface area contributed by atoms with Gasteiger partial charge in [-0.2, -0.15) is 11.8 Å². The monoisotopic (exact) mass is 547 g/mol. The summed E-state index contributed by atoms with van der Waals surface area (Å²) in [7, 11) is 0. The number of aliphatic imine (C=N–C) groups is 1. The average Bonchev–Trinajstić information content (AvgIpc) is 2.73. The number of rotatable bonds is 5. The number of carbonyl (C=O) groups excluding carboxylic acids is 1. The molecule has 1 amide bonds. The maximum atomic E-state index is 12.6. The van der Waals surface area contributed by atoms with Crippen LogP contribution in [0.25, 0.3) is 0 Å². The van der Waals surface area contributed by atoms with E-state index in [-0.39, 0.29) is 34.6 Å². The first-order chi connectivity index (χ1) is 14.0. The Kier molecular flexibility index (Phi) is 9.92. The molecule has 30 heavy (non-hydrogen) atoms. The summed E-state index contributed by atoms with van der Waals surface area (Å²) in [5, 5.41) is 3.39. The number of nitrogens with one attached hydrogen (secondary N) is 1. The Morgan fingerprint density at radius 3 is 2.50 bits per heavy atom. The predicted octanol–water partition coefficient (Wildman–Crippen LogP) is 1.93. The van der Waals surface area contributed by atoms with Gasteiger partial charge in [-0.15, -0.1) is 24.0 Å². The normalized spacial score (nSPS) is 19.3. The molecule has 3 heterocycles. The zero-order valence-corrected chi connectivity index (χ0v) is 21.4. The molecule has 2 saturated heterocycles. The van der Waals surface area contributed by atoms with Crippen molar-refractivity contribution in [2.75, 3.05) is 63.0 Å². The van der Waals surface area contributed by atoms with Crippen molar-refractivity contribution >= 4 is 53.6 Å². The lowest BCUT2D eigenvalue weighted by atomic mass is 10.2. The van der Waals surface area contributed by atoms with E-state index in [2.05, 4.69) is 45.9 Å². The minimum Gasteiger partial charge on any atom is -0.357 e. The van der Waals surface area contributed by atoms with Crippen LogP contribution in [-0.4, -0.2) is 94.5 Å². The van der Waals surface area contributed by atoms with Crippen LogP contribution in [0.4, 0.5) is 5.95 Å². The van der Waals surface area contributed by atoms with E-state index in [1.165, 1.54) is 0 Å². The SMILES string of the molecule is CCNC(=NCCC(=O)N1CCN(c2ncccn2)CC1)N1CCSC(C)(C)C1.I. The lowest BCUT2D eigenvalue weighted by Gasteiger charge is -2.39. The molecule has 0 radical (unpaired) electrons. The molecule has 0 saturated carbocycles. The lowest BCUT2D eigenvalue weighted by molar-refractivity contribution is -0.131. The molecule has 8 nitrogen and oxygen atoms in total. The number of piperazine rings is 1. The van der Waals surface area contributed by atoms with E-state index in [0.717, 1.165) is 50.4 Å². The first-order valence-corrected chi connectivity index (χ1v) is 11.4. The maximum absolute atomic E-state index is 12.6. The number of amides is 1. The van der Waals surface area contributed by atoms with Gasteiger partial charge in [-0.1, -0.05) is 0 Å². The Morgan fingerprint density at radius 1 is 1.17 bits per heavy atom. The standard InChI is InChI=1S/C20H33N7OS.HI/c1-4-21-18(27-14-15-29-20(2,3)16-27)24-9-6-17(28)25-10-12-26(13-11-25)19-22-7-5-8-23-19;/h5,7-8H,4,6,9-16H2,1-3H3,(H,21,24);1H. The van der Waals surface area contributed by atoms with Crippen molar-refractivity contribution < 1.29 is 4.79 Å². The summed E-state index contributed by atoms with van der Waals surface area (Å²) in [4.78, 5) is 32.3. The van der Waals surface area contributed by atoms with Crippen molar-refractivity contribution in [2.45, 2.75) is 31.9 Å². The third kappa shape index (κ3) is 7.14. The van der Waals surface area contributed by atoms with Gasteiger partial charge in [0.15, 0.2) is 5.96 Å². The van der Waals surface area contributed by atoms with Gasteiger partial charge in [0.25, 0.3) is 0 Å². The molecule has 0 atom stereocenters. The van der Waals surface area contributed by atoms with Crippen LogP contribution in [0.15, 0.2) is 23.5 Å². The number of guanidine groups is 1. The predicted molar refractivity (Wildman–Crippen MR) is 135 cm³/mol. The summed E-state index contributed by atoms with van der Waals surface area (Å²) in [6, 6.07) is 1.81. The fourth-order valence-electron chi connectivity index (χ4n) is 3.65. The maximum Gasteiger partial charge on any atom is 0.225 e. The van der Waals surface area contributed by atoms with E-state index < -0.39 is 0 Å². The summed E-state index contributed by atoms with van der Waals surface area (Å²) < 4.78 is 0.229. The number of carbonyl (C=O) groups is 1. The molecule has 2 fully saturated rings. The minimum atomic E-state index is 0. The smallest absolute Gasteiger partial charge is 0.225 e. The first-order valence-electron chi connectivity index (χ1n) is 10.5. The second-order valence-electron chi connectivity index (χ2n) is 7.93. The molecule has 1 N–H and O–H groups in total. The van der Waals surface area contributed by atoms with Crippen LogP contribution in [-0.2, 0) is 4.79 Å². The molecule has 0 aliphatic carbocycles. The van der Waals surface area contributed by atoms with Crippen LogP contribution in [0.3, 0.4) is 0 Å². The molecule has 0 unspecified atom stereocenters. The topological polar surface area (TPSA) is 77.0 Å². The third-order valence-electron chi connectivity index (χ3n) is 5.11. The van der Waals surface area contributed by atoms with Gasteiger partial charge in [0.1, 0.15) is 0 Å². The Labute approximate surface area is 201 Å². The Hall–Kier alpha value is -1.30. The summed E-state index contributed by atoms with van der Waals surface area (Å²) >= 11 is 2.01. The number of thioether (sulfide) groups is 1. The summed E-state index contributed by atoms with van der Waals surface area (Å²) in [5.74, 6) is 2.95. The van der Waals surface area contributed by atoms with Crippen molar-refractivity contribution in [1.29, 1.82) is 0 Å². The highest BCUT2D eigenvalue weighted by atomic mass is 127. The molecule has 1 aromatic heterocycles. The van der Waals surface area contributed by atoms with Gasteiger partial charge in [-0.25, -0.2) is 9.97 Å². The van der Waals surface area contributed by atoms with E-state index in [9.17, 15) is 4.79 Å². The van der Waals surface area contributed by atoms with Gasteiger partial charge in [-0.05, 0) is 26.8 Å². The van der Waals surface area contributed by atoms with Crippen molar-refractivity contribution in [3.8, 4) is 0 Å². The number of anilines is 1. The van der Waals surface area contributed by atoms with Crippen LogP contribution < -0.4 is 10.2 Å². The van der Waals surface area contributed by atoms with Crippen LogP contribution in [0.5, 0.6) is 0 Å². The lowest BCUT2D eigenvalue weighted by Crippen LogP contribution is -2.51. The first kappa shape index (κ1) is 25.0. The number of aromatic nitrogens is 2. The molecule has 1 aromatic rings. The van der Waals surface area contributed by atoms with Gasteiger partial charge in [0, 0.05) is 75.1 Å². The number of hydrogen-bond donors (Lipinski definition) is 1. The molecular formula is C20H34IN7OS. The number of hydrogen-bond acceptors (Lipinski definition) is 6. The Balaban J connectivity index is 0.00000320. The van der Waals surface area contributed by atoms with Gasteiger partial charge in [0.05, 0.1) is 6.54 Å². The average molecular weight is 548 g/mol. The van der Waals surface area contributed by atoms with Gasteiger partial charge in [0.2, 0.25) is 11.9 Å². The van der Waals surface area contributed by atoms with E-state index in [4.69, 9.17) is 4.99 Å². The van der Waals surface area contributed by atoms with Crippen LogP contribution in [0, 0.1) is 0 Å². The van der Waals surface area contributed by atoms with E-state index in [1.807, 2.05) is 22.7 Å². The highest BCUT2D eigenvalue weighted by molar-refractivity contribution is 14.0. The van der Waals surface area contributed by atoms with Crippen LogP contribution in [0.2, 0.25) is 0 Å². The quantitative estimate of drug-likeness (QED) is 0.343. The Morgan fingerprint density at radius 2 is 1.87 bits per heavy atom. The van der Waals surface area contributed by atoms with Crippen molar-refractivity contribution in [2.24, 2.45) is 4.99 Å². The van der Waals surface area contributed by atoms with Crippen LogP contribution in [0.1, 0.15) is 27.2 Å². The van der Waals surface area contributed by atoms with Crippen molar-refractivity contribution in [3.63, 3.8) is 0 Å². The fourth-order valence-corrected chi connectivity index (χ4v) is 4.76. The zero-order chi connectivity index (χ0) is 20.7. The van der Waals surface area contributed by atoms with Crippen molar-refractivity contribution in [3.05, 3.63) is 18.5 Å². The number of halogens is 1. The molecule has 0 bridgehead atoms. The second kappa shape index (κ2) is 11.9. The highest BCUT2D eigenvalue weighted by Gasteiger charge is 2.29. The molecular weight excluding hydrogens is 513 g/mol. The third-order valence-corrected chi connectivity index (χ3v) is 6.41. The largest absolute Gasteiger partial charge is 0.357 e. The molecule has 2 aliphatic heterocycles. The Bertz CT molecular complexity index is 696. The van der Waals surface area contributed by atoms with Gasteiger partial charge in [-0.3, -0.25) is 9.79 Å². The van der Waals surface area contributed by atoms with Crippen molar-refractivity contribution in [1.82, 2.24) is 25.1 Å². The summed E-state index contributed by atoms with van der Waals surface area (Å²) in [6.07, 6.45) is 3.95. The summed E-state index contributed by atoms with van der Waals surface area (Å²) in [6.45, 7) is 12.9. The molecule has 2 aliphatic rings. The molecule has 0 aromatic carbocycles. The van der Waals surface area contributed by atoms with Gasteiger partial charge >= 0.3 is 0 Å². The van der Waals surface area contributed by atoms with Crippen LogP contribution >= 0.6 is 35.7 Å². The summed E-state index contributed by atoms with van der Waals surface area (Å²) in [5.41, 5.74) is 0. The number of nitrogens with zero attached hydrogens (tertiary/aromatic N) is 6. The molecule has 0 spiro atoms. The van der Waals surface area contributed by atoms with E-state index in [1.54, 1.807) is 12.4 Å². The molecule has 168 valence electrons. The zero-order valence-electron chi connectivity index (χ0n) is 18.2.